The zero-order chi connectivity index (χ0) is 9.47. The maximum atomic E-state index is 9.22. The average Bonchev–Trinajstić information content (AvgIpc) is 2.79. The van der Waals surface area contributed by atoms with E-state index in [1.165, 1.54) is 32.1 Å². The Morgan fingerprint density at radius 2 is 2.15 bits per heavy atom. The highest BCUT2D eigenvalue weighted by atomic mass is 16.3. The standard InChI is InChI=1S/C12H22O/c1-9(2)11-5-3-4-6-12(11)7-10(12)8-13/h9-11,13H,3-8H2,1-2H3. The molecule has 0 saturated heterocycles. The number of aliphatic hydroxyl groups is 1. The lowest BCUT2D eigenvalue weighted by Crippen LogP contribution is -2.27. The molecule has 0 aromatic carbocycles. The molecule has 1 heteroatoms. The monoisotopic (exact) mass is 182 g/mol. The van der Waals surface area contributed by atoms with Gasteiger partial charge in [0.25, 0.3) is 0 Å². The molecule has 0 radical (unpaired) electrons. The molecule has 0 aromatic heterocycles. The summed E-state index contributed by atoms with van der Waals surface area (Å²) in [6, 6.07) is 0. The van der Waals surface area contributed by atoms with Crippen molar-refractivity contribution in [2.75, 3.05) is 6.61 Å². The van der Waals surface area contributed by atoms with Crippen molar-refractivity contribution in [2.24, 2.45) is 23.2 Å². The SMILES string of the molecule is CC(C)C1CCCCC12CC2CO. The second-order valence-electron chi connectivity index (χ2n) is 5.41. The van der Waals surface area contributed by atoms with Crippen molar-refractivity contribution in [3.63, 3.8) is 0 Å². The molecule has 3 unspecified atom stereocenters. The highest BCUT2D eigenvalue weighted by Gasteiger charge is 2.58. The largest absolute Gasteiger partial charge is 0.396 e. The summed E-state index contributed by atoms with van der Waals surface area (Å²) < 4.78 is 0. The van der Waals surface area contributed by atoms with Crippen LogP contribution in [0.15, 0.2) is 0 Å². The Labute approximate surface area is 81.5 Å². The Bertz CT molecular complexity index is 188. The third kappa shape index (κ3) is 1.41. The van der Waals surface area contributed by atoms with E-state index in [-0.39, 0.29) is 0 Å². The van der Waals surface area contributed by atoms with Crippen molar-refractivity contribution >= 4 is 0 Å². The molecular formula is C12H22O. The summed E-state index contributed by atoms with van der Waals surface area (Å²) in [7, 11) is 0. The Morgan fingerprint density at radius 3 is 2.69 bits per heavy atom. The summed E-state index contributed by atoms with van der Waals surface area (Å²) in [5.74, 6) is 2.37. The molecule has 3 atom stereocenters. The van der Waals surface area contributed by atoms with Gasteiger partial charge in [-0.05, 0) is 42.4 Å². The first kappa shape index (κ1) is 9.51. The number of rotatable bonds is 2. The molecule has 1 N–H and O–H groups in total. The van der Waals surface area contributed by atoms with E-state index in [0.717, 1.165) is 11.8 Å². The molecule has 0 heterocycles. The van der Waals surface area contributed by atoms with Crippen LogP contribution in [0.5, 0.6) is 0 Å². The van der Waals surface area contributed by atoms with E-state index >= 15 is 0 Å². The van der Waals surface area contributed by atoms with Crippen molar-refractivity contribution in [3.8, 4) is 0 Å². The van der Waals surface area contributed by atoms with Gasteiger partial charge in [0.15, 0.2) is 0 Å². The van der Waals surface area contributed by atoms with E-state index in [1.807, 2.05) is 0 Å². The molecule has 0 aromatic rings. The average molecular weight is 182 g/mol. The Kier molecular flexibility index (Phi) is 2.39. The summed E-state index contributed by atoms with van der Waals surface area (Å²) in [4.78, 5) is 0. The fraction of sp³-hybridized carbons (Fsp3) is 1.00. The van der Waals surface area contributed by atoms with E-state index in [4.69, 9.17) is 0 Å². The van der Waals surface area contributed by atoms with Gasteiger partial charge in [-0.2, -0.15) is 0 Å². The molecule has 2 aliphatic rings. The van der Waals surface area contributed by atoms with E-state index in [9.17, 15) is 5.11 Å². The zero-order valence-electron chi connectivity index (χ0n) is 8.92. The van der Waals surface area contributed by atoms with Crippen LogP contribution in [-0.4, -0.2) is 11.7 Å². The smallest absolute Gasteiger partial charge is 0.0464 e. The van der Waals surface area contributed by atoms with Gasteiger partial charge in [-0.1, -0.05) is 26.7 Å². The van der Waals surface area contributed by atoms with Crippen LogP contribution in [-0.2, 0) is 0 Å². The van der Waals surface area contributed by atoms with Gasteiger partial charge < -0.3 is 5.11 Å². The number of aliphatic hydroxyl groups excluding tert-OH is 1. The van der Waals surface area contributed by atoms with Gasteiger partial charge in [0.1, 0.15) is 0 Å². The minimum Gasteiger partial charge on any atom is -0.396 e. The summed E-state index contributed by atoms with van der Waals surface area (Å²) >= 11 is 0. The van der Waals surface area contributed by atoms with Gasteiger partial charge in [-0.25, -0.2) is 0 Å². The van der Waals surface area contributed by atoms with E-state index in [1.54, 1.807) is 0 Å². The van der Waals surface area contributed by atoms with E-state index in [0.29, 0.717) is 17.9 Å². The van der Waals surface area contributed by atoms with E-state index in [2.05, 4.69) is 13.8 Å². The van der Waals surface area contributed by atoms with Crippen LogP contribution in [0.1, 0.15) is 46.0 Å². The molecule has 1 spiro atoms. The molecule has 76 valence electrons. The molecule has 0 bridgehead atoms. The van der Waals surface area contributed by atoms with Crippen LogP contribution in [0.2, 0.25) is 0 Å². The molecule has 2 rings (SSSR count). The van der Waals surface area contributed by atoms with Crippen LogP contribution in [0.4, 0.5) is 0 Å². The molecule has 2 saturated carbocycles. The summed E-state index contributed by atoms with van der Waals surface area (Å²) in [6.07, 6.45) is 6.93. The third-order valence-corrected chi connectivity index (χ3v) is 4.45. The highest BCUT2D eigenvalue weighted by Crippen LogP contribution is 2.65. The quantitative estimate of drug-likeness (QED) is 0.696. The first-order valence-electron chi connectivity index (χ1n) is 5.81. The van der Waals surface area contributed by atoms with Crippen LogP contribution >= 0.6 is 0 Å². The lowest BCUT2D eigenvalue weighted by atomic mass is 9.70. The third-order valence-electron chi connectivity index (χ3n) is 4.45. The van der Waals surface area contributed by atoms with Crippen LogP contribution < -0.4 is 0 Å². The summed E-state index contributed by atoms with van der Waals surface area (Å²) in [5, 5.41) is 9.22. The molecule has 2 fully saturated rings. The van der Waals surface area contributed by atoms with Crippen molar-refractivity contribution < 1.29 is 5.11 Å². The van der Waals surface area contributed by atoms with Crippen molar-refractivity contribution in [2.45, 2.75) is 46.0 Å². The second-order valence-corrected chi connectivity index (χ2v) is 5.41. The van der Waals surface area contributed by atoms with Gasteiger partial charge in [0.05, 0.1) is 0 Å². The van der Waals surface area contributed by atoms with Crippen LogP contribution in [0.25, 0.3) is 0 Å². The van der Waals surface area contributed by atoms with E-state index < -0.39 is 0 Å². The molecule has 1 nitrogen and oxygen atoms in total. The molecule has 2 aliphatic carbocycles. The van der Waals surface area contributed by atoms with Gasteiger partial charge in [-0.15, -0.1) is 0 Å². The van der Waals surface area contributed by atoms with Crippen molar-refractivity contribution in [1.29, 1.82) is 0 Å². The fourth-order valence-corrected chi connectivity index (χ4v) is 3.69. The van der Waals surface area contributed by atoms with Gasteiger partial charge in [-0.3, -0.25) is 0 Å². The molecular weight excluding hydrogens is 160 g/mol. The Balaban J connectivity index is 2.07. The second kappa shape index (κ2) is 3.27. The fourth-order valence-electron chi connectivity index (χ4n) is 3.69. The first-order valence-corrected chi connectivity index (χ1v) is 5.81. The van der Waals surface area contributed by atoms with Crippen LogP contribution in [0, 0.1) is 23.2 Å². The molecule has 0 aliphatic heterocycles. The minimum absolute atomic E-state index is 0.434. The van der Waals surface area contributed by atoms with Crippen LogP contribution in [0.3, 0.4) is 0 Å². The lowest BCUT2D eigenvalue weighted by Gasteiger charge is -2.35. The predicted octanol–water partition coefficient (Wildman–Crippen LogP) is 2.83. The highest BCUT2D eigenvalue weighted by molar-refractivity contribution is 5.07. The number of hydrogen-bond donors (Lipinski definition) is 1. The predicted molar refractivity (Wildman–Crippen MR) is 54.4 cm³/mol. The molecule has 0 amide bonds. The summed E-state index contributed by atoms with van der Waals surface area (Å²) in [5.41, 5.74) is 0.584. The maximum absolute atomic E-state index is 9.22. The first-order chi connectivity index (χ1) is 6.20. The van der Waals surface area contributed by atoms with Gasteiger partial charge >= 0.3 is 0 Å². The van der Waals surface area contributed by atoms with Crippen molar-refractivity contribution in [1.82, 2.24) is 0 Å². The normalized spacial score (nSPS) is 44.3. The Morgan fingerprint density at radius 1 is 1.38 bits per heavy atom. The summed E-state index contributed by atoms with van der Waals surface area (Å²) in [6.45, 7) is 5.14. The van der Waals surface area contributed by atoms with Gasteiger partial charge in [0.2, 0.25) is 0 Å². The molecule has 13 heavy (non-hydrogen) atoms. The topological polar surface area (TPSA) is 20.2 Å². The number of hydrogen-bond acceptors (Lipinski definition) is 1. The Hall–Kier alpha value is -0.0400. The van der Waals surface area contributed by atoms with Crippen molar-refractivity contribution in [3.05, 3.63) is 0 Å². The van der Waals surface area contributed by atoms with Gasteiger partial charge in [0, 0.05) is 6.61 Å². The minimum atomic E-state index is 0.434. The zero-order valence-corrected chi connectivity index (χ0v) is 8.92. The maximum Gasteiger partial charge on any atom is 0.0464 e. The lowest BCUT2D eigenvalue weighted by molar-refractivity contribution is 0.123.